The van der Waals surface area contributed by atoms with E-state index in [0.717, 1.165) is 52.8 Å². The lowest BCUT2D eigenvalue weighted by atomic mass is 9.96. The Balaban J connectivity index is 1.72. The predicted octanol–water partition coefficient (Wildman–Crippen LogP) is 7.07. The summed E-state index contributed by atoms with van der Waals surface area (Å²) >= 11 is 12.3. The maximum atomic E-state index is 11.6. The molecule has 0 aliphatic heterocycles. The van der Waals surface area contributed by atoms with Crippen LogP contribution in [0.5, 0.6) is 5.75 Å². The fraction of sp³-hybridized carbons (Fsp3) is 0.200. The van der Waals surface area contributed by atoms with Gasteiger partial charge < -0.3 is 9.84 Å². The highest BCUT2D eigenvalue weighted by molar-refractivity contribution is 6.31. The zero-order valence-electron chi connectivity index (χ0n) is 17.0. The number of ether oxygens (including phenoxy) is 1. The zero-order valence-corrected chi connectivity index (χ0v) is 18.5. The monoisotopic (exact) mass is 453 g/mol. The second-order valence-corrected chi connectivity index (χ2v) is 8.40. The van der Waals surface area contributed by atoms with Crippen molar-refractivity contribution in [1.29, 1.82) is 0 Å². The molecule has 0 spiro atoms. The van der Waals surface area contributed by atoms with Gasteiger partial charge in [-0.3, -0.25) is 4.98 Å². The molecular formula is C25H21Cl2NO3. The molecule has 0 saturated heterocycles. The Morgan fingerprint density at radius 2 is 1.74 bits per heavy atom. The molecule has 4 rings (SSSR count). The van der Waals surface area contributed by atoms with Crippen LogP contribution >= 0.6 is 23.2 Å². The summed E-state index contributed by atoms with van der Waals surface area (Å²) in [6, 6.07) is 14.9. The van der Waals surface area contributed by atoms with E-state index in [9.17, 15) is 9.90 Å². The van der Waals surface area contributed by atoms with Crippen molar-refractivity contribution >= 4 is 40.3 Å². The first-order valence-electron chi connectivity index (χ1n) is 10.0. The van der Waals surface area contributed by atoms with E-state index in [4.69, 9.17) is 27.9 Å². The summed E-state index contributed by atoms with van der Waals surface area (Å²) in [6.45, 7) is 2.11. The van der Waals surface area contributed by atoms with E-state index in [1.165, 1.54) is 0 Å². The molecule has 1 heterocycles. The van der Waals surface area contributed by atoms with Crippen LogP contribution in [0.25, 0.3) is 11.1 Å². The average molecular weight is 454 g/mol. The van der Waals surface area contributed by atoms with Crippen molar-refractivity contribution in [1.82, 2.24) is 4.98 Å². The first-order chi connectivity index (χ1) is 14.9. The van der Waals surface area contributed by atoms with Gasteiger partial charge in [0, 0.05) is 21.8 Å². The number of nitrogens with zero attached hydrogens (tertiary/aromatic N) is 1. The van der Waals surface area contributed by atoms with Gasteiger partial charge in [0.05, 0.1) is 11.3 Å². The van der Waals surface area contributed by atoms with Gasteiger partial charge in [-0.25, -0.2) is 4.79 Å². The molecule has 2 aromatic carbocycles. The van der Waals surface area contributed by atoms with Gasteiger partial charge in [-0.15, -0.1) is 0 Å². The third-order valence-corrected chi connectivity index (χ3v) is 5.95. The van der Waals surface area contributed by atoms with Crippen LogP contribution in [0, 0.1) is 6.92 Å². The fourth-order valence-corrected chi connectivity index (χ4v) is 4.18. The Morgan fingerprint density at radius 1 is 1.03 bits per heavy atom. The molecule has 1 aromatic heterocycles. The molecule has 158 valence electrons. The van der Waals surface area contributed by atoms with Crippen molar-refractivity contribution in [3.05, 3.63) is 92.7 Å². The second kappa shape index (κ2) is 9.13. The van der Waals surface area contributed by atoms with Gasteiger partial charge in [0.2, 0.25) is 0 Å². The molecule has 0 saturated carbocycles. The molecule has 3 aromatic rings. The molecule has 0 atom stereocenters. The van der Waals surface area contributed by atoms with Gasteiger partial charge in [-0.05, 0) is 84.9 Å². The number of halogens is 2. The van der Waals surface area contributed by atoms with Crippen LogP contribution in [-0.2, 0) is 6.61 Å². The first-order valence-corrected chi connectivity index (χ1v) is 10.8. The van der Waals surface area contributed by atoms with E-state index in [0.29, 0.717) is 22.3 Å². The summed E-state index contributed by atoms with van der Waals surface area (Å²) in [4.78, 5) is 15.9. The molecule has 0 amide bonds. The number of allylic oxidation sites excluding steroid dienone is 2. The topological polar surface area (TPSA) is 59.4 Å². The molecule has 1 N–H and O–H groups in total. The van der Waals surface area contributed by atoms with Crippen LogP contribution in [0.4, 0.5) is 0 Å². The van der Waals surface area contributed by atoms with Gasteiger partial charge in [0.1, 0.15) is 12.4 Å². The van der Waals surface area contributed by atoms with Crippen LogP contribution in [-0.4, -0.2) is 16.1 Å². The molecule has 1 aliphatic carbocycles. The summed E-state index contributed by atoms with van der Waals surface area (Å²) in [5, 5.41) is 10.8. The standard InChI is InChI=1S/C25H21Cl2NO3/c1-15-22(25(29)30)11-17(13-28-15)20-3-2-4-21(20)23-12-19(27)9-10-24(23)31-14-16-5-7-18(26)8-6-16/h5-13H,2-4,14H2,1H3,(H,29,30). The van der Waals surface area contributed by atoms with E-state index in [2.05, 4.69) is 4.98 Å². The lowest BCUT2D eigenvalue weighted by Crippen LogP contribution is -2.03. The van der Waals surface area contributed by atoms with E-state index < -0.39 is 5.97 Å². The highest BCUT2D eigenvalue weighted by Gasteiger charge is 2.22. The van der Waals surface area contributed by atoms with Crippen LogP contribution in [0.15, 0.2) is 54.7 Å². The molecule has 0 radical (unpaired) electrons. The maximum Gasteiger partial charge on any atom is 0.337 e. The zero-order chi connectivity index (χ0) is 22.0. The minimum absolute atomic E-state index is 0.224. The number of carboxylic acids is 1. The smallest absolute Gasteiger partial charge is 0.337 e. The number of hydrogen-bond acceptors (Lipinski definition) is 3. The van der Waals surface area contributed by atoms with Crippen molar-refractivity contribution in [3.8, 4) is 5.75 Å². The molecule has 0 unspecified atom stereocenters. The minimum Gasteiger partial charge on any atom is -0.488 e. The number of carboxylic acid groups (broad SMARTS) is 1. The van der Waals surface area contributed by atoms with Crippen LogP contribution in [0.2, 0.25) is 10.0 Å². The van der Waals surface area contributed by atoms with E-state index in [1.807, 2.05) is 42.5 Å². The van der Waals surface area contributed by atoms with Crippen molar-refractivity contribution < 1.29 is 14.6 Å². The number of carbonyl (C=O) groups is 1. The van der Waals surface area contributed by atoms with Crippen molar-refractivity contribution in [3.63, 3.8) is 0 Å². The Hall–Kier alpha value is -2.82. The number of aromatic carboxylic acids is 1. The molecule has 0 bridgehead atoms. The number of hydrogen-bond donors (Lipinski definition) is 1. The average Bonchev–Trinajstić information content (AvgIpc) is 3.24. The summed E-state index contributed by atoms with van der Waals surface area (Å²) in [6.07, 6.45) is 4.44. The van der Waals surface area contributed by atoms with Gasteiger partial charge in [-0.2, -0.15) is 0 Å². The molecule has 31 heavy (non-hydrogen) atoms. The Morgan fingerprint density at radius 3 is 2.48 bits per heavy atom. The van der Waals surface area contributed by atoms with Crippen molar-refractivity contribution in [2.45, 2.75) is 32.8 Å². The lowest BCUT2D eigenvalue weighted by molar-refractivity contribution is 0.0695. The second-order valence-electron chi connectivity index (χ2n) is 7.53. The van der Waals surface area contributed by atoms with Crippen molar-refractivity contribution in [2.75, 3.05) is 0 Å². The van der Waals surface area contributed by atoms with E-state index >= 15 is 0 Å². The van der Waals surface area contributed by atoms with Crippen LogP contribution in [0.3, 0.4) is 0 Å². The summed E-state index contributed by atoms with van der Waals surface area (Å²) < 4.78 is 6.15. The van der Waals surface area contributed by atoms with Gasteiger partial charge in [0.25, 0.3) is 0 Å². The molecule has 6 heteroatoms. The van der Waals surface area contributed by atoms with E-state index in [-0.39, 0.29) is 5.56 Å². The van der Waals surface area contributed by atoms with E-state index in [1.54, 1.807) is 19.2 Å². The third kappa shape index (κ3) is 4.76. The number of benzene rings is 2. The summed E-state index contributed by atoms with van der Waals surface area (Å²) in [5.74, 6) is -0.228. The maximum absolute atomic E-state index is 11.6. The van der Waals surface area contributed by atoms with Crippen LogP contribution in [0.1, 0.15) is 52.0 Å². The van der Waals surface area contributed by atoms with Crippen LogP contribution < -0.4 is 4.74 Å². The minimum atomic E-state index is -0.971. The fourth-order valence-electron chi connectivity index (χ4n) is 3.88. The Kier molecular flexibility index (Phi) is 6.30. The SMILES string of the molecule is Cc1ncc(C2=C(c3cc(Cl)ccc3OCc3ccc(Cl)cc3)CCC2)cc1C(=O)O. The molecule has 0 fully saturated rings. The largest absolute Gasteiger partial charge is 0.488 e. The number of rotatable bonds is 6. The normalized spacial score (nSPS) is 13.5. The van der Waals surface area contributed by atoms with Crippen molar-refractivity contribution in [2.24, 2.45) is 0 Å². The molecule has 1 aliphatic rings. The van der Waals surface area contributed by atoms with Gasteiger partial charge >= 0.3 is 5.97 Å². The first kappa shape index (κ1) is 21.4. The highest BCUT2D eigenvalue weighted by atomic mass is 35.5. The molecular weight excluding hydrogens is 433 g/mol. The lowest BCUT2D eigenvalue weighted by Gasteiger charge is -2.15. The Bertz CT molecular complexity index is 1170. The number of pyridine rings is 1. The quantitative estimate of drug-likeness (QED) is 0.433. The van der Waals surface area contributed by atoms with Gasteiger partial charge in [0.15, 0.2) is 0 Å². The van der Waals surface area contributed by atoms with Gasteiger partial charge in [-0.1, -0.05) is 35.3 Å². The number of aromatic nitrogens is 1. The molecule has 4 nitrogen and oxygen atoms in total. The number of aryl methyl sites for hydroxylation is 1. The Labute approximate surface area is 191 Å². The summed E-state index contributed by atoms with van der Waals surface area (Å²) in [7, 11) is 0. The predicted molar refractivity (Wildman–Crippen MR) is 124 cm³/mol. The highest BCUT2D eigenvalue weighted by Crippen LogP contribution is 2.43. The third-order valence-electron chi connectivity index (χ3n) is 5.46. The summed E-state index contributed by atoms with van der Waals surface area (Å²) in [5.41, 5.74) is 5.72.